The van der Waals surface area contributed by atoms with E-state index in [0.717, 1.165) is 17.8 Å². The first-order chi connectivity index (χ1) is 6.02. The fraction of sp³-hybridized carbons (Fsp3) is 1.00. The largest absolute Gasteiger partial charge is 0.0654 e. The summed E-state index contributed by atoms with van der Waals surface area (Å²) >= 11 is 0. The first kappa shape index (κ1) is 11.1. The zero-order chi connectivity index (χ0) is 10.1. The van der Waals surface area contributed by atoms with Gasteiger partial charge in [0.1, 0.15) is 0 Å². The van der Waals surface area contributed by atoms with Gasteiger partial charge in [-0.2, -0.15) is 0 Å². The Balaban J connectivity index is 2.53. The van der Waals surface area contributed by atoms with Crippen molar-refractivity contribution in [3.8, 4) is 0 Å². The zero-order valence-corrected chi connectivity index (χ0v) is 10.1. The van der Waals surface area contributed by atoms with Crippen LogP contribution in [0.3, 0.4) is 0 Å². The van der Waals surface area contributed by atoms with Gasteiger partial charge in [-0.3, -0.25) is 0 Å². The van der Waals surface area contributed by atoms with Crippen molar-refractivity contribution in [1.29, 1.82) is 0 Å². The Morgan fingerprint density at radius 1 is 1.38 bits per heavy atom. The summed E-state index contributed by atoms with van der Waals surface area (Å²) in [6.45, 7) is 12.0. The maximum Gasteiger partial charge on any atom is -0.0272 e. The van der Waals surface area contributed by atoms with Gasteiger partial charge in [-0.05, 0) is 36.0 Å². The second kappa shape index (κ2) is 4.02. The van der Waals surface area contributed by atoms with E-state index < -0.39 is 0 Å². The Hall–Kier alpha value is 0. The zero-order valence-electron chi connectivity index (χ0n) is 10.1. The topological polar surface area (TPSA) is 0 Å². The average Bonchev–Trinajstić information content (AvgIpc) is 2.78. The van der Waals surface area contributed by atoms with Gasteiger partial charge in [0.15, 0.2) is 0 Å². The first-order valence-corrected chi connectivity index (χ1v) is 6.02. The minimum Gasteiger partial charge on any atom is -0.0654 e. The Labute approximate surface area is 84.1 Å². The minimum absolute atomic E-state index is 0.634. The highest BCUT2D eigenvalue weighted by molar-refractivity contribution is 4.97. The van der Waals surface area contributed by atoms with Crippen LogP contribution < -0.4 is 0 Å². The number of hydrogen-bond acceptors (Lipinski definition) is 0. The molecule has 1 aliphatic carbocycles. The average molecular weight is 182 g/mol. The van der Waals surface area contributed by atoms with Crippen molar-refractivity contribution in [2.24, 2.45) is 23.2 Å². The van der Waals surface area contributed by atoms with Crippen LogP contribution in [0.4, 0.5) is 0 Å². The van der Waals surface area contributed by atoms with Crippen LogP contribution in [0, 0.1) is 23.2 Å². The number of unbranched alkanes of at least 4 members (excludes halogenated alkanes) is 1. The smallest absolute Gasteiger partial charge is 0.0272 e. The van der Waals surface area contributed by atoms with Crippen LogP contribution in [0.1, 0.15) is 60.3 Å². The third kappa shape index (κ3) is 2.27. The van der Waals surface area contributed by atoms with Crippen LogP contribution >= 0.6 is 0 Å². The lowest BCUT2D eigenvalue weighted by atomic mass is 9.71. The van der Waals surface area contributed by atoms with Crippen LogP contribution in [-0.2, 0) is 0 Å². The molecule has 3 unspecified atom stereocenters. The predicted octanol–water partition coefficient (Wildman–Crippen LogP) is 4.49. The van der Waals surface area contributed by atoms with Crippen molar-refractivity contribution < 1.29 is 0 Å². The highest BCUT2D eigenvalue weighted by atomic mass is 14.5. The molecule has 3 atom stereocenters. The standard InChI is InChI=1S/C13H26/c1-6-7-8-13(5,10(2)3)12-9-11(12)4/h10-12H,6-9H2,1-5H3. The Morgan fingerprint density at radius 2 is 1.92 bits per heavy atom. The molecule has 1 fully saturated rings. The summed E-state index contributed by atoms with van der Waals surface area (Å²) in [4.78, 5) is 0. The summed E-state index contributed by atoms with van der Waals surface area (Å²) in [5, 5.41) is 0. The molecule has 0 nitrogen and oxygen atoms in total. The SMILES string of the molecule is CCCCC(C)(C(C)C)C1CC1C. The van der Waals surface area contributed by atoms with Crippen molar-refractivity contribution in [2.45, 2.75) is 60.3 Å². The molecule has 0 aliphatic heterocycles. The molecule has 0 heteroatoms. The van der Waals surface area contributed by atoms with Gasteiger partial charge >= 0.3 is 0 Å². The Morgan fingerprint density at radius 3 is 2.23 bits per heavy atom. The molecule has 1 aliphatic rings. The fourth-order valence-electron chi connectivity index (χ4n) is 2.70. The van der Waals surface area contributed by atoms with Gasteiger partial charge in [-0.1, -0.05) is 47.5 Å². The van der Waals surface area contributed by atoms with Gasteiger partial charge in [-0.25, -0.2) is 0 Å². The molecule has 0 aromatic rings. The monoisotopic (exact) mass is 182 g/mol. The fourth-order valence-corrected chi connectivity index (χ4v) is 2.70. The Kier molecular flexibility index (Phi) is 3.43. The highest BCUT2D eigenvalue weighted by Crippen LogP contribution is 2.56. The van der Waals surface area contributed by atoms with Crippen LogP contribution in [-0.4, -0.2) is 0 Å². The van der Waals surface area contributed by atoms with Crippen LogP contribution in [0.2, 0.25) is 0 Å². The third-order valence-electron chi connectivity index (χ3n) is 4.34. The Bertz CT molecular complexity index is 159. The summed E-state index contributed by atoms with van der Waals surface area (Å²) in [5.41, 5.74) is 0.634. The summed E-state index contributed by atoms with van der Waals surface area (Å²) in [6.07, 6.45) is 5.69. The molecule has 78 valence electrons. The van der Waals surface area contributed by atoms with Gasteiger partial charge in [0, 0.05) is 0 Å². The van der Waals surface area contributed by atoms with E-state index in [0.29, 0.717) is 5.41 Å². The predicted molar refractivity (Wildman–Crippen MR) is 59.7 cm³/mol. The molecule has 1 rings (SSSR count). The van der Waals surface area contributed by atoms with E-state index in [-0.39, 0.29) is 0 Å². The molecule has 0 aromatic heterocycles. The van der Waals surface area contributed by atoms with Gasteiger partial charge < -0.3 is 0 Å². The second-order valence-corrected chi connectivity index (χ2v) is 5.58. The van der Waals surface area contributed by atoms with Gasteiger partial charge in [0.25, 0.3) is 0 Å². The van der Waals surface area contributed by atoms with Crippen molar-refractivity contribution in [3.05, 3.63) is 0 Å². The van der Waals surface area contributed by atoms with Crippen molar-refractivity contribution in [3.63, 3.8) is 0 Å². The van der Waals surface area contributed by atoms with E-state index in [2.05, 4.69) is 34.6 Å². The van der Waals surface area contributed by atoms with E-state index in [4.69, 9.17) is 0 Å². The molecule has 0 amide bonds. The molecule has 0 radical (unpaired) electrons. The maximum absolute atomic E-state index is 2.52. The lowest BCUT2D eigenvalue weighted by molar-refractivity contribution is 0.149. The van der Waals surface area contributed by atoms with E-state index in [9.17, 15) is 0 Å². The number of rotatable bonds is 5. The normalized spacial score (nSPS) is 31.8. The van der Waals surface area contributed by atoms with Crippen molar-refractivity contribution in [1.82, 2.24) is 0 Å². The summed E-state index contributed by atoms with van der Waals surface area (Å²) in [6, 6.07) is 0. The molecule has 0 aromatic carbocycles. The molecule has 0 bridgehead atoms. The van der Waals surface area contributed by atoms with Crippen LogP contribution in [0.25, 0.3) is 0 Å². The van der Waals surface area contributed by atoms with Gasteiger partial charge in [0.05, 0.1) is 0 Å². The van der Waals surface area contributed by atoms with Gasteiger partial charge in [-0.15, -0.1) is 0 Å². The van der Waals surface area contributed by atoms with Crippen molar-refractivity contribution >= 4 is 0 Å². The maximum atomic E-state index is 2.52. The molecule has 0 N–H and O–H groups in total. The van der Waals surface area contributed by atoms with Crippen LogP contribution in [0.5, 0.6) is 0 Å². The van der Waals surface area contributed by atoms with E-state index in [1.54, 1.807) is 0 Å². The molecule has 0 heterocycles. The molecule has 1 saturated carbocycles. The van der Waals surface area contributed by atoms with E-state index >= 15 is 0 Å². The highest BCUT2D eigenvalue weighted by Gasteiger charge is 2.48. The van der Waals surface area contributed by atoms with Crippen LogP contribution in [0.15, 0.2) is 0 Å². The molecular formula is C13H26. The molecule has 13 heavy (non-hydrogen) atoms. The first-order valence-electron chi connectivity index (χ1n) is 6.02. The lowest BCUT2D eigenvalue weighted by Crippen LogP contribution is -2.26. The van der Waals surface area contributed by atoms with E-state index in [1.165, 1.54) is 25.7 Å². The summed E-state index contributed by atoms with van der Waals surface area (Å²) in [7, 11) is 0. The van der Waals surface area contributed by atoms with Crippen molar-refractivity contribution in [2.75, 3.05) is 0 Å². The minimum atomic E-state index is 0.634. The van der Waals surface area contributed by atoms with E-state index in [1.807, 2.05) is 0 Å². The number of hydrogen-bond donors (Lipinski definition) is 0. The quantitative estimate of drug-likeness (QED) is 0.587. The molecule has 0 spiro atoms. The lowest BCUT2D eigenvalue weighted by Gasteiger charge is -2.35. The second-order valence-electron chi connectivity index (χ2n) is 5.58. The molecular weight excluding hydrogens is 156 g/mol. The summed E-state index contributed by atoms with van der Waals surface area (Å²) in [5.74, 6) is 2.89. The van der Waals surface area contributed by atoms with Gasteiger partial charge in [0.2, 0.25) is 0 Å². The molecule has 0 saturated heterocycles. The summed E-state index contributed by atoms with van der Waals surface area (Å²) < 4.78 is 0. The third-order valence-corrected chi connectivity index (χ3v) is 4.34.